The number of hydrogen-bond acceptors (Lipinski definition) is 6. The molecule has 3 aromatic heterocycles. The number of hydrogen-bond donors (Lipinski definition) is 2. The molecule has 0 bridgehead atoms. The van der Waals surface area contributed by atoms with Gasteiger partial charge in [0.25, 0.3) is 0 Å². The number of H-pyrrole nitrogens is 1. The smallest absolute Gasteiger partial charge is 0.322 e. The van der Waals surface area contributed by atoms with E-state index in [1.165, 1.54) is 6.42 Å². The van der Waals surface area contributed by atoms with Crippen molar-refractivity contribution in [2.45, 2.75) is 76.2 Å². The molecule has 1 aliphatic carbocycles. The first-order valence-electron chi connectivity index (χ1n) is 13.1. The summed E-state index contributed by atoms with van der Waals surface area (Å²) in [5.41, 5.74) is 0.943. The average Bonchev–Trinajstić information content (AvgIpc) is 3.29. The van der Waals surface area contributed by atoms with E-state index in [9.17, 15) is 9.18 Å². The highest BCUT2D eigenvalue weighted by Crippen LogP contribution is 2.48. The number of rotatable bonds is 6. The summed E-state index contributed by atoms with van der Waals surface area (Å²) in [6.07, 6.45) is 8.83. The Labute approximate surface area is 215 Å². The van der Waals surface area contributed by atoms with Gasteiger partial charge >= 0.3 is 6.03 Å². The minimum atomic E-state index is -1.45. The summed E-state index contributed by atoms with van der Waals surface area (Å²) in [7, 11) is 1.71. The summed E-state index contributed by atoms with van der Waals surface area (Å²) < 4.78 is 22.0. The molecule has 1 spiro atoms. The van der Waals surface area contributed by atoms with Gasteiger partial charge in [-0.15, -0.1) is 0 Å². The molecule has 2 N–H and O–H groups in total. The third-order valence-corrected chi connectivity index (χ3v) is 8.04. The van der Waals surface area contributed by atoms with E-state index in [2.05, 4.69) is 27.3 Å². The SMILES string of the molecule is COC1(C)CN(c2nn(CC(C)(C)F)c3cc(-c4[nH]ncc4NC(=O)N4CCCCC45CC5)ncc23)C1. The Morgan fingerprint density at radius 2 is 2.03 bits per heavy atom. The number of nitrogens with one attached hydrogen (secondary N) is 2. The van der Waals surface area contributed by atoms with Crippen molar-refractivity contribution < 1.29 is 13.9 Å². The number of anilines is 2. The Kier molecular flexibility index (Phi) is 5.48. The molecule has 37 heavy (non-hydrogen) atoms. The number of methoxy groups -OCH3 is 1. The van der Waals surface area contributed by atoms with E-state index < -0.39 is 5.67 Å². The van der Waals surface area contributed by atoms with Gasteiger partial charge in [0.05, 0.1) is 53.7 Å². The van der Waals surface area contributed by atoms with Crippen molar-refractivity contribution in [1.29, 1.82) is 0 Å². The minimum absolute atomic E-state index is 0.0429. The predicted octanol–water partition coefficient (Wildman–Crippen LogP) is 4.35. The van der Waals surface area contributed by atoms with Gasteiger partial charge < -0.3 is 19.9 Å². The van der Waals surface area contributed by atoms with Gasteiger partial charge in [0.2, 0.25) is 0 Å². The van der Waals surface area contributed by atoms with Crippen LogP contribution in [0.5, 0.6) is 0 Å². The molecular weight excluding hydrogens is 475 g/mol. The van der Waals surface area contributed by atoms with Crippen molar-refractivity contribution in [2.75, 3.05) is 37.0 Å². The molecule has 1 saturated carbocycles. The zero-order chi connectivity index (χ0) is 26.0. The summed E-state index contributed by atoms with van der Waals surface area (Å²) >= 11 is 0. The van der Waals surface area contributed by atoms with E-state index in [1.54, 1.807) is 38.0 Å². The summed E-state index contributed by atoms with van der Waals surface area (Å²) in [5.74, 6) is 0.769. The summed E-state index contributed by atoms with van der Waals surface area (Å²) in [4.78, 5) is 22.0. The molecule has 0 radical (unpaired) electrons. The number of aromatic amines is 1. The Bertz CT molecular complexity index is 1330. The second-order valence-electron chi connectivity index (χ2n) is 11.7. The average molecular weight is 511 g/mol. The summed E-state index contributed by atoms with van der Waals surface area (Å²) in [5, 5.41) is 15.9. The van der Waals surface area contributed by atoms with Crippen LogP contribution in [0.3, 0.4) is 0 Å². The van der Waals surface area contributed by atoms with Crippen molar-refractivity contribution in [3.05, 3.63) is 18.5 Å². The maximum atomic E-state index is 14.7. The first kappa shape index (κ1) is 24.1. The molecule has 5 heterocycles. The third-order valence-electron chi connectivity index (χ3n) is 8.04. The van der Waals surface area contributed by atoms with Gasteiger partial charge in [-0.05, 0) is 58.9 Å². The van der Waals surface area contributed by atoms with Crippen LogP contribution >= 0.6 is 0 Å². The van der Waals surface area contributed by atoms with E-state index in [4.69, 9.17) is 14.8 Å². The highest BCUT2D eigenvalue weighted by Gasteiger charge is 2.51. The van der Waals surface area contributed by atoms with Crippen LogP contribution in [-0.4, -0.2) is 79.4 Å². The van der Waals surface area contributed by atoms with Crippen LogP contribution in [0, 0.1) is 0 Å². The Balaban J connectivity index is 1.31. The molecule has 6 rings (SSSR count). The van der Waals surface area contributed by atoms with Crippen LogP contribution in [0.25, 0.3) is 22.3 Å². The highest BCUT2D eigenvalue weighted by molar-refractivity contribution is 5.96. The summed E-state index contributed by atoms with van der Waals surface area (Å²) in [6.45, 7) is 7.44. The van der Waals surface area contributed by atoms with Crippen LogP contribution in [0.15, 0.2) is 18.5 Å². The van der Waals surface area contributed by atoms with Crippen LogP contribution < -0.4 is 10.2 Å². The van der Waals surface area contributed by atoms with Crippen LogP contribution in [0.4, 0.5) is 20.7 Å². The van der Waals surface area contributed by atoms with E-state index in [0.29, 0.717) is 30.2 Å². The first-order chi connectivity index (χ1) is 17.6. The van der Waals surface area contributed by atoms with Gasteiger partial charge in [0, 0.05) is 25.4 Å². The van der Waals surface area contributed by atoms with E-state index >= 15 is 0 Å². The molecule has 2 aliphatic heterocycles. The molecule has 0 atom stereocenters. The molecule has 10 nitrogen and oxygen atoms in total. The third kappa shape index (κ3) is 4.32. The quantitative estimate of drug-likeness (QED) is 0.511. The number of halogens is 1. The van der Waals surface area contributed by atoms with Crippen LogP contribution in [-0.2, 0) is 11.3 Å². The van der Waals surface area contributed by atoms with Gasteiger partial charge in [0.1, 0.15) is 11.4 Å². The number of fused-ring (bicyclic) bond motifs is 1. The second kappa shape index (κ2) is 8.41. The molecule has 0 aromatic carbocycles. The van der Waals surface area contributed by atoms with Gasteiger partial charge in [-0.3, -0.25) is 14.8 Å². The lowest BCUT2D eigenvalue weighted by Crippen LogP contribution is -2.61. The fraction of sp³-hybridized carbons (Fsp3) is 0.615. The number of pyridine rings is 1. The summed E-state index contributed by atoms with van der Waals surface area (Å²) in [6, 6.07) is 1.80. The van der Waals surface area contributed by atoms with Crippen molar-refractivity contribution in [2.24, 2.45) is 0 Å². The zero-order valence-corrected chi connectivity index (χ0v) is 22.0. The Hall–Kier alpha value is -3.21. The van der Waals surface area contributed by atoms with Gasteiger partial charge in [-0.2, -0.15) is 10.2 Å². The lowest BCUT2D eigenvalue weighted by atomic mass is 9.96. The lowest BCUT2D eigenvalue weighted by Gasteiger charge is -2.47. The number of aromatic nitrogens is 5. The number of urea groups is 1. The second-order valence-corrected chi connectivity index (χ2v) is 11.7. The Morgan fingerprint density at radius 3 is 2.73 bits per heavy atom. The predicted molar refractivity (Wildman–Crippen MR) is 139 cm³/mol. The van der Waals surface area contributed by atoms with Crippen molar-refractivity contribution in [3.8, 4) is 11.4 Å². The lowest BCUT2D eigenvalue weighted by molar-refractivity contribution is -0.0171. The molecule has 11 heteroatoms. The zero-order valence-electron chi connectivity index (χ0n) is 22.0. The maximum Gasteiger partial charge on any atom is 0.322 e. The monoisotopic (exact) mass is 510 g/mol. The number of carbonyl (C=O) groups excluding carboxylic acids is 1. The van der Waals surface area contributed by atoms with Crippen LogP contribution in [0.2, 0.25) is 0 Å². The minimum Gasteiger partial charge on any atom is -0.375 e. The fourth-order valence-corrected chi connectivity index (χ4v) is 5.78. The van der Waals surface area contributed by atoms with E-state index in [0.717, 1.165) is 48.9 Å². The molecule has 198 valence electrons. The maximum absolute atomic E-state index is 14.7. The van der Waals surface area contributed by atoms with Gasteiger partial charge in [0.15, 0.2) is 5.82 Å². The number of carbonyl (C=O) groups is 1. The fourth-order valence-electron chi connectivity index (χ4n) is 5.78. The molecule has 2 amide bonds. The number of amides is 2. The largest absolute Gasteiger partial charge is 0.375 e. The van der Waals surface area contributed by atoms with Gasteiger partial charge in [-0.1, -0.05) is 0 Å². The molecular formula is C26H35FN8O2. The molecule has 3 fully saturated rings. The number of piperidine rings is 1. The van der Waals surface area contributed by atoms with E-state index in [-0.39, 0.29) is 23.7 Å². The van der Waals surface area contributed by atoms with Crippen molar-refractivity contribution in [3.63, 3.8) is 0 Å². The van der Waals surface area contributed by atoms with Gasteiger partial charge in [-0.25, -0.2) is 9.18 Å². The number of ether oxygens (including phenoxy) is 1. The molecule has 2 saturated heterocycles. The highest BCUT2D eigenvalue weighted by atomic mass is 19.1. The number of likely N-dealkylation sites (tertiary alicyclic amines) is 1. The Morgan fingerprint density at radius 1 is 1.24 bits per heavy atom. The van der Waals surface area contributed by atoms with E-state index in [1.807, 2.05) is 11.0 Å². The molecule has 3 aromatic rings. The molecule has 0 unspecified atom stereocenters. The molecule has 3 aliphatic rings. The van der Waals surface area contributed by atoms with Crippen LogP contribution in [0.1, 0.15) is 52.9 Å². The number of nitrogens with zero attached hydrogens (tertiary/aromatic N) is 6. The topological polar surface area (TPSA) is 104 Å². The van der Waals surface area contributed by atoms with Crippen molar-refractivity contribution >= 4 is 28.4 Å². The van der Waals surface area contributed by atoms with Crippen molar-refractivity contribution in [1.82, 2.24) is 29.9 Å². The number of alkyl halides is 1. The standard InChI is InChI=1S/C26H35FN8O2/c1-24(2,27)14-35-20-11-18(28-12-17(20)22(32-35)33-15-25(3,16-33)37-4)21-19(13-29-31-21)30-23(36)34-10-6-5-7-26(34)8-9-26/h11-13H,5-10,14-16H2,1-4H3,(H,29,31)(H,30,36). The normalized spacial score (nSPS) is 20.4. The first-order valence-corrected chi connectivity index (χ1v) is 13.1.